The van der Waals surface area contributed by atoms with Crippen LogP contribution in [0.1, 0.15) is 48.9 Å². The van der Waals surface area contributed by atoms with Gasteiger partial charge in [-0.3, -0.25) is 9.59 Å². The number of hydrogen-bond acceptors (Lipinski definition) is 3. The van der Waals surface area contributed by atoms with Gasteiger partial charge in [0.25, 0.3) is 5.91 Å². The van der Waals surface area contributed by atoms with Crippen molar-refractivity contribution in [2.75, 3.05) is 32.8 Å². The van der Waals surface area contributed by atoms with E-state index >= 15 is 0 Å². The number of ether oxygens (including phenoxy) is 1. The lowest BCUT2D eigenvalue weighted by atomic mass is 9.77. The van der Waals surface area contributed by atoms with Crippen molar-refractivity contribution in [1.29, 1.82) is 0 Å². The van der Waals surface area contributed by atoms with Crippen LogP contribution in [-0.4, -0.2) is 54.4 Å². The van der Waals surface area contributed by atoms with E-state index in [1.165, 1.54) is 18.6 Å². The molecule has 5 nitrogen and oxygen atoms in total. The van der Waals surface area contributed by atoms with Gasteiger partial charge in [0, 0.05) is 43.6 Å². The molecule has 2 saturated heterocycles. The smallest absolute Gasteiger partial charge is 0.253 e. The Morgan fingerprint density at radius 2 is 1.66 bits per heavy atom. The van der Waals surface area contributed by atoms with E-state index < -0.39 is 11.2 Å². The number of hydrogen-bond donors (Lipinski definition) is 0. The number of nitrogens with zero attached hydrogens (tertiary/aromatic N) is 2. The molecule has 32 heavy (non-hydrogen) atoms. The standard InChI is InChI=1S/C26H31FN2O3/c27-22-10-7-9-21(17-22)25(31)29-16-8-13-26(19-29,20-32-23-11-3-1-4-12-23)18-24(30)28-14-5-2-6-15-28/h1,3-4,7,9-12,17H,2,5-6,8,13-16,18-20H2. The highest BCUT2D eigenvalue weighted by atomic mass is 19.1. The molecule has 0 radical (unpaired) electrons. The highest BCUT2D eigenvalue weighted by molar-refractivity contribution is 5.94. The monoisotopic (exact) mass is 438 g/mol. The first-order valence-corrected chi connectivity index (χ1v) is 11.6. The number of carbonyl (C=O) groups is 2. The van der Waals surface area contributed by atoms with E-state index in [0.717, 1.165) is 44.5 Å². The van der Waals surface area contributed by atoms with E-state index in [4.69, 9.17) is 4.74 Å². The van der Waals surface area contributed by atoms with Crippen LogP contribution in [0.15, 0.2) is 54.6 Å². The largest absolute Gasteiger partial charge is 0.493 e. The van der Waals surface area contributed by atoms with Crippen LogP contribution in [0.4, 0.5) is 4.39 Å². The van der Waals surface area contributed by atoms with E-state index in [1.54, 1.807) is 17.0 Å². The summed E-state index contributed by atoms with van der Waals surface area (Å²) in [6, 6.07) is 15.4. The van der Waals surface area contributed by atoms with Crippen molar-refractivity contribution >= 4 is 11.8 Å². The summed E-state index contributed by atoms with van der Waals surface area (Å²) in [6.45, 7) is 3.00. The van der Waals surface area contributed by atoms with Gasteiger partial charge in [0.15, 0.2) is 0 Å². The lowest BCUT2D eigenvalue weighted by Crippen LogP contribution is -2.51. The minimum absolute atomic E-state index is 0.140. The summed E-state index contributed by atoms with van der Waals surface area (Å²) in [7, 11) is 0. The molecule has 2 aromatic rings. The summed E-state index contributed by atoms with van der Waals surface area (Å²) in [5.74, 6) is 0.276. The molecule has 170 valence electrons. The molecule has 0 N–H and O–H groups in total. The fraction of sp³-hybridized carbons (Fsp3) is 0.462. The van der Waals surface area contributed by atoms with Gasteiger partial charge in [0.2, 0.25) is 5.91 Å². The quantitative estimate of drug-likeness (QED) is 0.666. The van der Waals surface area contributed by atoms with Gasteiger partial charge < -0.3 is 14.5 Å². The Kier molecular flexibility index (Phi) is 7.08. The average molecular weight is 439 g/mol. The molecule has 1 atom stereocenters. The van der Waals surface area contributed by atoms with Crippen LogP contribution >= 0.6 is 0 Å². The van der Waals surface area contributed by atoms with Gasteiger partial charge >= 0.3 is 0 Å². The Hall–Kier alpha value is -2.89. The zero-order chi connectivity index (χ0) is 22.4. The molecule has 6 heteroatoms. The highest BCUT2D eigenvalue weighted by Crippen LogP contribution is 2.36. The van der Waals surface area contributed by atoms with Crippen LogP contribution < -0.4 is 4.74 Å². The van der Waals surface area contributed by atoms with Gasteiger partial charge in [0.1, 0.15) is 11.6 Å². The van der Waals surface area contributed by atoms with Gasteiger partial charge in [-0.05, 0) is 62.4 Å². The van der Waals surface area contributed by atoms with Gasteiger partial charge in [-0.2, -0.15) is 0 Å². The van der Waals surface area contributed by atoms with Crippen LogP contribution in [0.25, 0.3) is 0 Å². The van der Waals surface area contributed by atoms with Crippen LogP contribution in [0, 0.1) is 11.2 Å². The maximum absolute atomic E-state index is 13.7. The molecule has 4 rings (SSSR count). The third-order valence-corrected chi connectivity index (χ3v) is 6.54. The number of amides is 2. The molecular weight excluding hydrogens is 407 g/mol. The second kappa shape index (κ2) is 10.2. The Morgan fingerprint density at radius 1 is 0.906 bits per heavy atom. The van der Waals surface area contributed by atoms with E-state index in [-0.39, 0.29) is 11.8 Å². The molecule has 0 saturated carbocycles. The Balaban J connectivity index is 1.52. The Labute approximate surface area is 189 Å². The number of likely N-dealkylation sites (tertiary alicyclic amines) is 2. The number of para-hydroxylation sites is 1. The number of piperidine rings is 2. The number of rotatable bonds is 6. The van der Waals surface area contributed by atoms with Crippen molar-refractivity contribution in [3.63, 3.8) is 0 Å². The molecule has 2 heterocycles. The first kappa shape index (κ1) is 22.3. The van der Waals surface area contributed by atoms with E-state index in [1.807, 2.05) is 35.2 Å². The van der Waals surface area contributed by atoms with E-state index in [2.05, 4.69) is 0 Å². The molecule has 2 amide bonds. The molecule has 2 aliphatic heterocycles. The highest BCUT2D eigenvalue weighted by Gasteiger charge is 2.41. The van der Waals surface area contributed by atoms with Gasteiger partial charge in [-0.1, -0.05) is 24.3 Å². The van der Waals surface area contributed by atoms with Gasteiger partial charge in [0.05, 0.1) is 6.61 Å². The summed E-state index contributed by atoms with van der Waals surface area (Å²) in [4.78, 5) is 30.0. The lowest BCUT2D eigenvalue weighted by molar-refractivity contribution is -0.136. The summed E-state index contributed by atoms with van der Waals surface area (Å²) in [6.07, 6.45) is 5.21. The van der Waals surface area contributed by atoms with Crippen molar-refractivity contribution in [2.24, 2.45) is 5.41 Å². The molecule has 1 unspecified atom stereocenters. The maximum atomic E-state index is 13.7. The van der Waals surface area contributed by atoms with Gasteiger partial charge in [-0.15, -0.1) is 0 Å². The second-order valence-corrected chi connectivity index (χ2v) is 9.06. The fourth-order valence-electron chi connectivity index (χ4n) is 4.83. The summed E-state index contributed by atoms with van der Waals surface area (Å²) >= 11 is 0. The van der Waals surface area contributed by atoms with E-state index in [0.29, 0.717) is 31.7 Å². The zero-order valence-corrected chi connectivity index (χ0v) is 18.5. The average Bonchev–Trinajstić information content (AvgIpc) is 2.84. The molecule has 2 aromatic carbocycles. The van der Waals surface area contributed by atoms with Crippen molar-refractivity contribution in [3.8, 4) is 5.75 Å². The topological polar surface area (TPSA) is 49.9 Å². The molecule has 2 fully saturated rings. The predicted octanol–water partition coefficient (Wildman–Crippen LogP) is 4.53. The van der Waals surface area contributed by atoms with Crippen LogP contribution in [0.5, 0.6) is 5.75 Å². The first-order valence-electron chi connectivity index (χ1n) is 11.6. The van der Waals surface area contributed by atoms with Crippen molar-refractivity contribution in [1.82, 2.24) is 9.80 Å². The molecule has 0 spiro atoms. The molecule has 2 aliphatic rings. The molecule has 0 aromatic heterocycles. The zero-order valence-electron chi connectivity index (χ0n) is 18.5. The normalized spacial score (nSPS) is 21.3. The van der Waals surface area contributed by atoms with Crippen molar-refractivity contribution < 1.29 is 18.7 Å². The maximum Gasteiger partial charge on any atom is 0.253 e. The Morgan fingerprint density at radius 3 is 2.41 bits per heavy atom. The van der Waals surface area contributed by atoms with Crippen LogP contribution in [0.3, 0.4) is 0 Å². The minimum atomic E-state index is -0.467. The predicted molar refractivity (Wildman–Crippen MR) is 121 cm³/mol. The second-order valence-electron chi connectivity index (χ2n) is 9.06. The third-order valence-electron chi connectivity index (χ3n) is 6.54. The van der Waals surface area contributed by atoms with Gasteiger partial charge in [-0.25, -0.2) is 4.39 Å². The minimum Gasteiger partial charge on any atom is -0.493 e. The Bertz CT molecular complexity index is 930. The number of benzene rings is 2. The first-order chi connectivity index (χ1) is 15.5. The van der Waals surface area contributed by atoms with Crippen LogP contribution in [0.2, 0.25) is 0 Å². The summed E-state index contributed by atoms with van der Waals surface area (Å²) in [5, 5.41) is 0. The third kappa shape index (κ3) is 5.47. The number of halogens is 1. The van der Waals surface area contributed by atoms with Crippen molar-refractivity contribution in [2.45, 2.75) is 38.5 Å². The lowest BCUT2D eigenvalue weighted by Gasteiger charge is -2.43. The summed E-state index contributed by atoms with van der Waals surface area (Å²) < 4.78 is 19.8. The van der Waals surface area contributed by atoms with Crippen molar-refractivity contribution in [3.05, 3.63) is 66.0 Å². The fourth-order valence-corrected chi connectivity index (χ4v) is 4.83. The molecule has 0 bridgehead atoms. The van der Waals surface area contributed by atoms with Crippen LogP contribution in [-0.2, 0) is 4.79 Å². The molecular formula is C26H31FN2O3. The SMILES string of the molecule is O=C(CC1(COc2ccccc2)CCCN(C(=O)c2cccc(F)c2)C1)N1CCCCC1. The van der Waals surface area contributed by atoms with E-state index in [9.17, 15) is 14.0 Å². The summed E-state index contributed by atoms with van der Waals surface area (Å²) in [5.41, 5.74) is -0.127. The number of carbonyl (C=O) groups excluding carboxylic acids is 2. The molecule has 0 aliphatic carbocycles.